The lowest BCUT2D eigenvalue weighted by molar-refractivity contribution is -0.174. The largest absolute Gasteiger partial charge is 0.479 e. The molecule has 0 bridgehead atoms. The number of hydrogen-bond acceptors (Lipinski definition) is 2. The topological polar surface area (TPSA) is 46.5 Å². The average Bonchev–Trinajstić information content (AvgIpc) is 2.26. The molecule has 17 heavy (non-hydrogen) atoms. The molecule has 3 nitrogen and oxygen atoms in total. The highest BCUT2D eigenvalue weighted by atomic mass is 16.5. The summed E-state index contributed by atoms with van der Waals surface area (Å²) < 4.78 is 5.67. The van der Waals surface area contributed by atoms with Crippen LogP contribution in [-0.2, 0) is 15.1 Å². The summed E-state index contributed by atoms with van der Waals surface area (Å²) in [4.78, 5) is 11.5. The van der Waals surface area contributed by atoms with Gasteiger partial charge in [-0.2, -0.15) is 0 Å². The van der Waals surface area contributed by atoms with Crippen molar-refractivity contribution in [2.45, 2.75) is 45.8 Å². The summed E-state index contributed by atoms with van der Waals surface area (Å²) in [5.41, 5.74) is 0.572. The lowest BCUT2D eigenvalue weighted by Crippen LogP contribution is -2.40. The van der Waals surface area contributed by atoms with E-state index in [1.807, 2.05) is 52.0 Å². The second-order valence-electron chi connectivity index (χ2n) is 4.52. The fourth-order valence-corrected chi connectivity index (χ4v) is 1.91. The number of carbonyl (C=O) groups is 1. The number of aliphatic carboxylic acids is 1. The maximum absolute atomic E-state index is 11.5. The van der Waals surface area contributed by atoms with E-state index in [9.17, 15) is 9.90 Å². The van der Waals surface area contributed by atoms with Gasteiger partial charge < -0.3 is 9.84 Å². The summed E-state index contributed by atoms with van der Waals surface area (Å²) in [5.74, 6) is -0.933. The Kier molecular flexibility index (Phi) is 4.29. The van der Waals surface area contributed by atoms with Crippen molar-refractivity contribution in [1.29, 1.82) is 0 Å². The quantitative estimate of drug-likeness (QED) is 0.854. The first-order chi connectivity index (χ1) is 7.92. The third-order valence-electron chi connectivity index (χ3n) is 2.80. The van der Waals surface area contributed by atoms with Gasteiger partial charge in [-0.1, -0.05) is 36.8 Å². The van der Waals surface area contributed by atoms with Crippen LogP contribution in [0.15, 0.2) is 24.3 Å². The summed E-state index contributed by atoms with van der Waals surface area (Å²) in [5, 5.41) is 9.47. The van der Waals surface area contributed by atoms with E-state index in [1.165, 1.54) is 0 Å². The van der Waals surface area contributed by atoms with Gasteiger partial charge in [0.15, 0.2) is 5.60 Å². The SMILES string of the molecule is CCC(OC(C)C)(C(=O)O)c1ccc(C)cc1. The lowest BCUT2D eigenvalue weighted by atomic mass is 9.90. The van der Waals surface area contributed by atoms with Crippen LogP contribution in [0.3, 0.4) is 0 Å². The zero-order valence-electron chi connectivity index (χ0n) is 10.9. The molecule has 1 unspecified atom stereocenters. The van der Waals surface area contributed by atoms with Gasteiger partial charge in [-0.25, -0.2) is 4.79 Å². The number of benzene rings is 1. The van der Waals surface area contributed by atoms with Gasteiger partial charge in [0.25, 0.3) is 0 Å². The first kappa shape index (κ1) is 13.7. The van der Waals surface area contributed by atoms with Gasteiger partial charge in [-0.15, -0.1) is 0 Å². The van der Waals surface area contributed by atoms with Gasteiger partial charge >= 0.3 is 5.97 Å². The number of carboxylic acids is 1. The van der Waals surface area contributed by atoms with Crippen molar-refractivity contribution < 1.29 is 14.6 Å². The first-order valence-electron chi connectivity index (χ1n) is 5.90. The van der Waals surface area contributed by atoms with Crippen LogP contribution in [0.1, 0.15) is 38.3 Å². The smallest absolute Gasteiger partial charge is 0.340 e. The Hall–Kier alpha value is -1.35. The van der Waals surface area contributed by atoms with Crippen LogP contribution in [0.25, 0.3) is 0 Å². The van der Waals surface area contributed by atoms with Gasteiger partial charge in [0.1, 0.15) is 0 Å². The Labute approximate surface area is 102 Å². The van der Waals surface area contributed by atoms with Crippen molar-refractivity contribution in [2.24, 2.45) is 0 Å². The molecule has 94 valence electrons. The minimum absolute atomic E-state index is 0.132. The fourth-order valence-electron chi connectivity index (χ4n) is 1.91. The van der Waals surface area contributed by atoms with Crippen molar-refractivity contribution in [2.75, 3.05) is 0 Å². The van der Waals surface area contributed by atoms with E-state index in [2.05, 4.69) is 0 Å². The zero-order valence-corrected chi connectivity index (χ0v) is 10.9. The predicted octanol–water partition coefficient (Wildman–Crippen LogP) is 3.11. The minimum atomic E-state index is -1.23. The second-order valence-corrected chi connectivity index (χ2v) is 4.52. The van der Waals surface area contributed by atoms with Gasteiger partial charge in [0, 0.05) is 0 Å². The molecule has 0 amide bonds. The maximum Gasteiger partial charge on any atom is 0.340 e. The Bertz CT molecular complexity index is 381. The van der Waals surface area contributed by atoms with Crippen LogP contribution in [0.4, 0.5) is 0 Å². The zero-order chi connectivity index (χ0) is 13.1. The van der Waals surface area contributed by atoms with E-state index in [0.29, 0.717) is 12.0 Å². The van der Waals surface area contributed by atoms with Crippen molar-refractivity contribution in [3.05, 3.63) is 35.4 Å². The Morgan fingerprint density at radius 3 is 2.24 bits per heavy atom. The second kappa shape index (κ2) is 5.32. The molecule has 0 aliphatic heterocycles. The standard InChI is InChI=1S/C14H20O3/c1-5-14(13(15)16,17-10(2)3)12-8-6-11(4)7-9-12/h6-10H,5H2,1-4H3,(H,15,16). The molecule has 1 atom stereocenters. The number of carboxylic acid groups (broad SMARTS) is 1. The molecule has 0 saturated carbocycles. The van der Waals surface area contributed by atoms with E-state index >= 15 is 0 Å². The van der Waals surface area contributed by atoms with Crippen LogP contribution < -0.4 is 0 Å². The van der Waals surface area contributed by atoms with Crippen molar-refractivity contribution in [1.82, 2.24) is 0 Å². The lowest BCUT2D eigenvalue weighted by Gasteiger charge is -2.31. The molecule has 1 rings (SSSR count). The molecule has 0 aliphatic carbocycles. The molecular formula is C14H20O3. The molecule has 0 spiro atoms. The molecule has 3 heteroatoms. The summed E-state index contributed by atoms with van der Waals surface area (Å²) in [7, 11) is 0. The Morgan fingerprint density at radius 1 is 1.35 bits per heavy atom. The van der Waals surface area contributed by atoms with Crippen LogP contribution in [-0.4, -0.2) is 17.2 Å². The first-order valence-corrected chi connectivity index (χ1v) is 5.90. The van der Waals surface area contributed by atoms with Gasteiger partial charge in [0.2, 0.25) is 0 Å². The summed E-state index contributed by atoms with van der Waals surface area (Å²) >= 11 is 0. The maximum atomic E-state index is 11.5. The van der Waals surface area contributed by atoms with Gasteiger partial charge in [-0.3, -0.25) is 0 Å². The molecular weight excluding hydrogens is 216 g/mol. The number of aryl methyl sites for hydroxylation is 1. The molecule has 0 saturated heterocycles. The summed E-state index contributed by atoms with van der Waals surface area (Å²) in [6.07, 6.45) is 0.274. The van der Waals surface area contributed by atoms with Crippen LogP contribution in [0.2, 0.25) is 0 Å². The van der Waals surface area contributed by atoms with Crippen LogP contribution in [0, 0.1) is 6.92 Å². The van der Waals surface area contributed by atoms with Crippen molar-refractivity contribution in [3.8, 4) is 0 Å². The highest BCUT2D eigenvalue weighted by Gasteiger charge is 2.40. The Balaban J connectivity index is 3.21. The highest BCUT2D eigenvalue weighted by molar-refractivity contribution is 5.79. The summed E-state index contributed by atoms with van der Waals surface area (Å²) in [6, 6.07) is 7.48. The fraction of sp³-hybridized carbons (Fsp3) is 0.500. The van der Waals surface area contributed by atoms with Gasteiger partial charge in [0.05, 0.1) is 6.10 Å². The van der Waals surface area contributed by atoms with E-state index in [1.54, 1.807) is 0 Å². The summed E-state index contributed by atoms with van der Waals surface area (Å²) in [6.45, 7) is 7.50. The van der Waals surface area contributed by atoms with Crippen LogP contribution >= 0.6 is 0 Å². The van der Waals surface area contributed by atoms with Crippen molar-refractivity contribution >= 4 is 5.97 Å². The van der Waals surface area contributed by atoms with E-state index in [0.717, 1.165) is 5.56 Å². The number of rotatable bonds is 5. The molecule has 0 fully saturated rings. The normalized spacial score (nSPS) is 14.6. The highest BCUT2D eigenvalue weighted by Crippen LogP contribution is 2.31. The predicted molar refractivity (Wildman–Crippen MR) is 67.0 cm³/mol. The van der Waals surface area contributed by atoms with Crippen LogP contribution in [0.5, 0.6) is 0 Å². The molecule has 1 aromatic carbocycles. The third-order valence-corrected chi connectivity index (χ3v) is 2.80. The molecule has 0 heterocycles. The molecule has 1 aromatic rings. The van der Waals surface area contributed by atoms with E-state index in [-0.39, 0.29) is 6.10 Å². The monoisotopic (exact) mass is 236 g/mol. The van der Waals surface area contributed by atoms with E-state index in [4.69, 9.17) is 4.74 Å². The van der Waals surface area contributed by atoms with Crippen molar-refractivity contribution in [3.63, 3.8) is 0 Å². The van der Waals surface area contributed by atoms with Gasteiger partial charge in [-0.05, 0) is 32.8 Å². The number of hydrogen-bond donors (Lipinski definition) is 1. The number of ether oxygens (including phenoxy) is 1. The molecule has 0 aromatic heterocycles. The molecule has 0 aliphatic rings. The van der Waals surface area contributed by atoms with E-state index < -0.39 is 11.6 Å². The average molecular weight is 236 g/mol. The Morgan fingerprint density at radius 2 is 1.88 bits per heavy atom. The molecule has 0 radical (unpaired) electrons. The third kappa shape index (κ3) is 2.86. The molecule has 1 N–H and O–H groups in total. The minimum Gasteiger partial charge on any atom is -0.479 e.